The van der Waals surface area contributed by atoms with Crippen LogP contribution in [-0.2, 0) is 16.5 Å². The number of hydrogen-bond donors (Lipinski definition) is 0. The standard InChI is InChI=1S/C20H48O4Si4/c1-9-17-25(13-5)21-26(14-6,18-10-2)23-28(16-8,20-12-4)24-27(15-7,22-25)19-11-3/h9-20H2,1-8H3. The van der Waals surface area contributed by atoms with Gasteiger partial charge in [0.1, 0.15) is 0 Å². The van der Waals surface area contributed by atoms with Gasteiger partial charge in [0.2, 0.25) is 0 Å². The number of rotatable bonds is 12. The Morgan fingerprint density at radius 1 is 0.357 bits per heavy atom. The third-order valence-electron chi connectivity index (χ3n) is 6.17. The predicted molar refractivity (Wildman–Crippen MR) is 130 cm³/mol. The minimum Gasteiger partial charge on any atom is -0.415 e. The van der Waals surface area contributed by atoms with Gasteiger partial charge in [-0.25, -0.2) is 0 Å². The van der Waals surface area contributed by atoms with Crippen molar-refractivity contribution in [3.05, 3.63) is 0 Å². The van der Waals surface area contributed by atoms with Gasteiger partial charge < -0.3 is 16.5 Å². The van der Waals surface area contributed by atoms with Crippen LogP contribution in [0.15, 0.2) is 0 Å². The summed E-state index contributed by atoms with van der Waals surface area (Å²) in [6.07, 6.45) is 4.47. The Bertz CT molecular complexity index is 362. The van der Waals surface area contributed by atoms with Crippen LogP contribution in [0.2, 0.25) is 48.4 Å². The lowest BCUT2D eigenvalue weighted by atomic mass is 10.6. The molecule has 4 nitrogen and oxygen atoms in total. The molecular weight excluding hydrogens is 417 g/mol. The Hall–Kier alpha value is 0.708. The maximum absolute atomic E-state index is 7.28. The molecule has 0 aromatic heterocycles. The van der Waals surface area contributed by atoms with Crippen molar-refractivity contribution in [1.29, 1.82) is 0 Å². The van der Waals surface area contributed by atoms with Crippen LogP contribution in [0.5, 0.6) is 0 Å². The number of hydrogen-bond acceptors (Lipinski definition) is 4. The molecule has 1 aliphatic rings. The van der Waals surface area contributed by atoms with E-state index in [2.05, 4.69) is 55.4 Å². The highest BCUT2D eigenvalue weighted by Gasteiger charge is 2.59. The van der Waals surface area contributed by atoms with Crippen LogP contribution in [0.4, 0.5) is 0 Å². The molecule has 28 heavy (non-hydrogen) atoms. The Morgan fingerprint density at radius 2 is 0.536 bits per heavy atom. The molecule has 1 aliphatic heterocycles. The van der Waals surface area contributed by atoms with Gasteiger partial charge in [-0.1, -0.05) is 81.1 Å². The van der Waals surface area contributed by atoms with Gasteiger partial charge >= 0.3 is 34.2 Å². The lowest BCUT2D eigenvalue weighted by Crippen LogP contribution is -2.69. The van der Waals surface area contributed by atoms with E-state index in [0.717, 1.165) is 74.0 Å². The molecule has 1 rings (SSSR count). The molecule has 1 heterocycles. The van der Waals surface area contributed by atoms with E-state index >= 15 is 0 Å². The van der Waals surface area contributed by atoms with Gasteiger partial charge in [-0.15, -0.1) is 0 Å². The van der Waals surface area contributed by atoms with Crippen LogP contribution >= 0.6 is 0 Å². The van der Waals surface area contributed by atoms with Crippen molar-refractivity contribution in [1.82, 2.24) is 0 Å². The van der Waals surface area contributed by atoms with Crippen molar-refractivity contribution in [3.8, 4) is 0 Å². The van der Waals surface area contributed by atoms with Gasteiger partial charge in [0.05, 0.1) is 0 Å². The molecule has 0 amide bonds. The molecule has 0 aromatic carbocycles. The van der Waals surface area contributed by atoms with Gasteiger partial charge in [-0.3, -0.25) is 0 Å². The zero-order valence-corrected chi connectivity index (χ0v) is 24.1. The average Bonchev–Trinajstić information content (AvgIpc) is 2.67. The molecule has 8 heteroatoms. The second-order valence-corrected chi connectivity index (χ2v) is 23.8. The normalized spacial score (nSPS) is 36.9. The van der Waals surface area contributed by atoms with E-state index in [1.54, 1.807) is 0 Å². The van der Waals surface area contributed by atoms with Crippen molar-refractivity contribution < 1.29 is 16.5 Å². The monoisotopic (exact) mass is 464 g/mol. The van der Waals surface area contributed by atoms with Gasteiger partial charge in [0.25, 0.3) is 0 Å². The van der Waals surface area contributed by atoms with E-state index in [-0.39, 0.29) is 0 Å². The summed E-state index contributed by atoms with van der Waals surface area (Å²) in [6.45, 7) is 18.2. The van der Waals surface area contributed by atoms with Gasteiger partial charge in [-0.05, 0) is 48.4 Å². The third kappa shape index (κ3) is 6.35. The molecule has 0 bridgehead atoms. The fourth-order valence-corrected chi connectivity index (χ4v) is 30.0. The summed E-state index contributed by atoms with van der Waals surface area (Å²) in [5.74, 6) is 0. The molecule has 0 N–H and O–H groups in total. The maximum Gasteiger partial charge on any atom is 0.320 e. The summed E-state index contributed by atoms with van der Waals surface area (Å²) in [7, 11) is -9.32. The third-order valence-corrected chi connectivity index (χ3v) is 27.4. The second-order valence-electron chi connectivity index (χ2n) is 8.47. The molecule has 0 radical (unpaired) electrons. The molecule has 0 aliphatic carbocycles. The predicted octanol–water partition coefficient (Wildman–Crippen LogP) is 7.55. The van der Waals surface area contributed by atoms with E-state index in [0.29, 0.717) is 0 Å². The lowest BCUT2D eigenvalue weighted by molar-refractivity contribution is 0.208. The van der Waals surface area contributed by atoms with Gasteiger partial charge in [0, 0.05) is 0 Å². The summed E-state index contributed by atoms with van der Waals surface area (Å²) in [4.78, 5) is 0. The zero-order valence-electron chi connectivity index (χ0n) is 20.1. The van der Waals surface area contributed by atoms with E-state index in [9.17, 15) is 0 Å². The van der Waals surface area contributed by atoms with E-state index in [1.165, 1.54) is 0 Å². The van der Waals surface area contributed by atoms with Gasteiger partial charge in [-0.2, -0.15) is 0 Å². The van der Waals surface area contributed by atoms with Gasteiger partial charge in [0.15, 0.2) is 0 Å². The molecule has 0 aromatic rings. The molecular formula is C20H48O4Si4. The minimum absolute atomic E-state index is 1.01. The van der Waals surface area contributed by atoms with Crippen molar-refractivity contribution in [3.63, 3.8) is 0 Å². The highest BCUT2D eigenvalue weighted by Crippen LogP contribution is 2.43. The van der Waals surface area contributed by atoms with Crippen molar-refractivity contribution in [2.45, 2.75) is 129 Å². The molecule has 1 saturated heterocycles. The molecule has 0 atom stereocenters. The fraction of sp³-hybridized carbons (Fsp3) is 1.00. The Labute approximate surface area is 180 Å². The molecule has 0 saturated carbocycles. The molecule has 1 fully saturated rings. The van der Waals surface area contributed by atoms with Crippen LogP contribution in [0.25, 0.3) is 0 Å². The first-order valence-electron chi connectivity index (χ1n) is 12.1. The Kier molecular flexibility index (Phi) is 11.4. The van der Waals surface area contributed by atoms with E-state index in [4.69, 9.17) is 16.5 Å². The second kappa shape index (κ2) is 11.9. The van der Waals surface area contributed by atoms with E-state index < -0.39 is 34.2 Å². The Balaban J connectivity index is 3.56. The molecule has 0 unspecified atom stereocenters. The van der Waals surface area contributed by atoms with E-state index in [1.807, 2.05) is 0 Å². The lowest BCUT2D eigenvalue weighted by Gasteiger charge is -2.53. The summed E-state index contributed by atoms with van der Waals surface area (Å²) in [5.41, 5.74) is 0. The van der Waals surface area contributed by atoms with Crippen LogP contribution in [0.1, 0.15) is 81.1 Å². The van der Waals surface area contributed by atoms with Crippen molar-refractivity contribution >= 4 is 34.2 Å². The Morgan fingerprint density at radius 3 is 0.643 bits per heavy atom. The largest absolute Gasteiger partial charge is 0.415 e. The SMILES string of the molecule is CCC[Si]1(CC)O[Si](CC)(CCC)O[Si](CC)(CCC)O[Si](CC)(CCC)O1. The molecule has 0 spiro atoms. The van der Waals surface area contributed by atoms with Crippen molar-refractivity contribution in [2.24, 2.45) is 0 Å². The maximum atomic E-state index is 7.28. The minimum atomic E-state index is -2.33. The first-order chi connectivity index (χ1) is 13.3. The first kappa shape index (κ1) is 26.7. The highest BCUT2D eigenvalue weighted by atomic mass is 28.5. The average molecular weight is 465 g/mol. The summed E-state index contributed by atoms with van der Waals surface area (Å²) in [6, 6.07) is 8.34. The smallest absolute Gasteiger partial charge is 0.320 e. The van der Waals surface area contributed by atoms with Crippen LogP contribution < -0.4 is 0 Å². The van der Waals surface area contributed by atoms with Crippen LogP contribution in [-0.4, -0.2) is 34.2 Å². The van der Waals surface area contributed by atoms with Crippen molar-refractivity contribution in [2.75, 3.05) is 0 Å². The van der Waals surface area contributed by atoms with Crippen LogP contribution in [0, 0.1) is 0 Å². The zero-order chi connectivity index (χ0) is 21.3. The van der Waals surface area contributed by atoms with Crippen LogP contribution in [0.3, 0.4) is 0 Å². The quantitative estimate of drug-likeness (QED) is 0.279. The topological polar surface area (TPSA) is 36.9 Å². The first-order valence-corrected chi connectivity index (χ1v) is 21.0. The summed E-state index contributed by atoms with van der Waals surface area (Å²) >= 11 is 0. The fourth-order valence-electron chi connectivity index (χ4n) is 4.66. The molecule has 168 valence electrons. The summed E-state index contributed by atoms with van der Waals surface area (Å²) in [5, 5.41) is 0. The highest BCUT2D eigenvalue weighted by molar-refractivity contribution is 6.95. The summed E-state index contributed by atoms with van der Waals surface area (Å²) < 4.78 is 29.1.